The zero-order valence-electron chi connectivity index (χ0n) is 13.1. The Morgan fingerprint density at radius 1 is 1.36 bits per heavy atom. The molecule has 0 aromatic heterocycles. The average molecular weight is 351 g/mol. The van der Waals surface area contributed by atoms with Gasteiger partial charge >= 0.3 is 0 Å². The Morgan fingerprint density at radius 3 is 2.77 bits per heavy atom. The van der Waals surface area contributed by atoms with E-state index in [4.69, 9.17) is 4.74 Å². The van der Waals surface area contributed by atoms with Gasteiger partial charge in [0.1, 0.15) is 0 Å². The second-order valence-electron chi connectivity index (χ2n) is 5.34. The van der Waals surface area contributed by atoms with Crippen molar-refractivity contribution in [1.29, 1.82) is 0 Å². The summed E-state index contributed by atoms with van der Waals surface area (Å²) in [5, 5.41) is 6.24. The van der Waals surface area contributed by atoms with Crippen molar-refractivity contribution in [2.75, 3.05) is 57.1 Å². The Morgan fingerprint density at radius 2 is 2.14 bits per heavy atom. The highest BCUT2D eigenvalue weighted by atomic mass is 32.2. The lowest BCUT2D eigenvalue weighted by atomic mass is 10.2. The van der Waals surface area contributed by atoms with Gasteiger partial charge < -0.3 is 15.4 Å². The molecule has 2 heterocycles. The third kappa shape index (κ3) is 5.60. The fourth-order valence-electron chi connectivity index (χ4n) is 2.49. The predicted molar refractivity (Wildman–Crippen MR) is 91.0 cm³/mol. The summed E-state index contributed by atoms with van der Waals surface area (Å²) >= 11 is 1.80. The van der Waals surface area contributed by atoms with Gasteiger partial charge in [-0.05, 0) is 12.8 Å². The van der Waals surface area contributed by atoms with Crippen LogP contribution in [-0.2, 0) is 14.8 Å². The van der Waals surface area contributed by atoms with Gasteiger partial charge in [-0.1, -0.05) is 0 Å². The van der Waals surface area contributed by atoms with Crippen LogP contribution in [-0.4, -0.2) is 81.9 Å². The molecule has 9 heteroatoms. The Balaban J connectivity index is 1.68. The maximum Gasteiger partial charge on any atom is 0.215 e. The molecular weight excluding hydrogens is 324 g/mol. The fraction of sp³-hybridized carbons (Fsp3) is 0.923. The number of guanidine groups is 1. The fourth-order valence-corrected chi connectivity index (χ4v) is 4.98. The van der Waals surface area contributed by atoms with Crippen LogP contribution in [0.4, 0.5) is 0 Å². The van der Waals surface area contributed by atoms with E-state index in [9.17, 15) is 8.42 Å². The highest BCUT2D eigenvalue weighted by Crippen LogP contribution is 2.13. The molecule has 0 saturated carbocycles. The summed E-state index contributed by atoms with van der Waals surface area (Å²) < 4.78 is 31.6. The molecule has 0 aromatic rings. The second kappa shape index (κ2) is 8.95. The minimum absolute atomic E-state index is 0.0955. The molecule has 2 aliphatic rings. The first kappa shape index (κ1) is 17.8. The van der Waals surface area contributed by atoms with E-state index in [1.165, 1.54) is 0 Å². The van der Waals surface area contributed by atoms with Gasteiger partial charge in [0.2, 0.25) is 10.0 Å². The minimum Gasteiger partial charge on any atom is -0.376 e. The normalized spacial score (nSPS) is 24.4. The third-order valence-corrected chi connectivity index (χ3v) is 6.58. The van der Waals surface area contributed by atoms with Gasteiger partial charge in [-0.2, -0.15) is 11.8 Å². The Labute approximate surface area is 137 Å². The summed E-state index contributed by atoms with van der Waals surface area (Å²) in [4.78, 5) is 4.11. The quantitative estimate of drug-likeness (QED) is 0.506. The number of aliphatic imine (C=N–C) groups is 1. The van der Waals surface area contributed by atoms with E-state index in [-0.39, 0.29) is 11.9 Å². The van der Waals surface area contributed by atoms with Crippen LogP contribution >= 0.6 is 11.8 Å². The minimum atomic E-state index is -3.17. The van der Waals surface area contributed by atoms with Crippen molar-refractivity contribution < 1.29 is 13.2 Å². The van der Waals surface area contributed by atoms with Gasteiger partial charge in [-0.25, -0.2) is 12.7 Å². The van der Waals surface area contributed by atoms with Gasteiger partial charge in [-0.3, -0.25) is 4.99 Å². The number of sulfonamides is 1. The maximum absolute atomic E-state index is 12.2. The lowest BCUT2D eigenvalue weighted by molar-refractivity contribution is 0.114. The molecule has 2 saturated heterocycles. The summed E-state index contributed by atoms with van der Waals surface area (Å²) in [5.41, 5.74) is 0. The SMILES string of the molecule is CN=C(NCCS(=O)(=O)N1CCSCC1)NCC1CCCO1. The van der Waals surface area contributed by atoms with Gasteiger partial charge in [0.25, 0.3) is 0 Å². The molecule has 2 N–H and O–H groups in total. The lowest BCUT2D eigenvalue weighted by Gasteiger charge is -2.25. The molecule has 22 heavy (non-hydrogen) atoms. The molecule has 2 fully saturated rings. The van der Waals surface area contributed by atoms with Gasteiger partial charge in [0.05, 0.1) is 11.9 Å². The zero-order valence-corrected chi connectivity index (χ0v) is 14.7. The molecule has 1 atom stereocenters. The first-order valence-corrected chi connectivity index (χ1v) is 10.5. The van der Waals surface area contributed by atoms with Gasteiger partial charge in [0.15, 0.2) is 5.96 Å². The molecule has 7 nitrogen and oxygen atoms in total. The van der Waals surface area contributed by atoms with Crippen LogP contribution in [0.2, 0.25) is 0 Å². The van der Waals surface area contributed by atoms with E-state index in [2.05, 4.69) is 15.6 Å². The molecule has 2 rings (SSSR count). The molecule has 128 valence electrons. The van der Waals surface area contributed by atoms with Crippen molar-refractivity contribution in [3.05, 3.63) is 0 Å². The zero-order chi connectivity index (χ0) is 15.8. The number of rotatable bonds is 6. The first-order valence-electron chi connectivity index (χ1n) is 7.73. The predicted octanol–water partition coefficient (Wildman–Crippen LogP) is -0.291. The van der Waals surface area contributed by atoms with E-state index in [0.29, 0.717) is 32.1 Å². The van der Waals surface area contributed by atoms with Crippen LogP contribution < -0.4 is 10.6 Å². The topological polar surface area (TPSA) is 83.0 Å². The Hall–Kier alpha value is -0.510. The summed E-state index contributed by atoms with van der Waals surface area (Å²) in [6.45, 7) is 3.13. The molecular formula is C13H26N4O3S2. The smallest absolute Gasteiger partial charge is 0.215 e. The van der Waals surface area contributed by atoms with Crippen molar-refractivity contribution >= 4 is 27.7 Å². The molecule has 0 radical (unpaired) electrons. The Bertz CT molecular complexity index is 458. The van der Waals surface area contributed by atoms with Gasteiger partial charge in [-0.15, -0.1) is 0 Å². The third-order valence-electron chi connectivity index (χ3n) is 3.76. The van der Waals surface area contributed by atoms with Crippen molar-refractivity contribution in [3.63, 3.8) is 0 Å². The largest absolute Gasteiger partial charge is 0.376 e. The maximum atomic E-state index is 12.2. The van der Waals surface area contributed by atoms with E-state index in [0.717, 1.165) is 31.0 Å². The van der Waals surface area contributed by atoms with E-state index in [1.54, 1.807) is 23.1 Å². The standard InChI is InChI=1S/C13H26N4O3S2/c1-14-13(16-11-12-3-2-7-20-12)15-4-10-22(18,19)17-5-8-21-9-6-17/h12H,2-11H2,1H3,(H2,14,15,16). The molecule has 1 unspecified atom stereocenters. The number of nitrogens with zero attached hydrogens (tertiary/aromatic N) is 2. The number of hydrogen-bond donors (Lipinski definition) is 2. The van der Waals surface area contributed by atoms with E-state index < -0.39 is 10.0 Å². The van der Waals surface area contributed by atoms with Crippen molar-refractivity contribution in [2.45, 2.75) is 18.9 Å². The van der Waals surface area contributed by atoms with Crippen LogP contribution in [0.25, 0.3) is 0 Å². The number of hydrogen-bond acceptors (Lipinski definition) is 5. The lowest BCUT2D eigenvalue weighted by Crippen LogP contribution is -2.45. The number of nitrogens with one attached hydrogen (secondary N) is 2. The Kier molecular flexibility index (Phi) is 7.26. The molecule has 2 aliphatic heterocycles. The second-order valence-corrected chi connectivity index (χ2v) is 8.66. The van der Waals surface area contributed by atoms with Crippen LogP contribution in [0, 0.1) is 0 Å². The number of thioether (sulfide) groups is 1. The average Bonchev–Trinajstić information content (AvgIpc) is 3.05. The molecule has 0 aromatic carbocycles. The number of ether oxygens (including phenoxy) is 1. The first-order chi connectivity index (χ1) is 10.6. The molecule has 0 spiro atoms. The van der Waals surface area contributed by atoms with Crippen molar-refractivity contribution in [3.8, 4) is 0 Å². The summed E-state index contributed by atoms with van der Waals surface area (Å²) in [6, 6.07) is 0. The van der Waals surface area contributed by atoms with Crippen LogP contribution in [0.15, 0.2) is 4.99 Å². The van der Waals surface area contributed by atoms with E-state index in [1.807, 2.05) is 0 Å². The van der Waals surface area contributed by atoms with E-state index >= 15 is 0 Å². The summed E-state index contributed by atoms with van der Waals surface area (Å²) in [5.74, 6) is 2.49. The van der Waals surface area contributed by atoms with Crippen LogP contribution in [0.1, 0.15) is 12.8 Å². The van der Waals surface area contributed by atoms with Gasteiger partial charge in [0, 0.05) is 51.3 Å². The highest BCUT2D eigenvalue weighted by Gasteiger charge is 2.23. The van der Waals surface area contributed by atoms with Crippen LogP contribution in [0.3, 0.4) is 0 Å². The summed E-state index contributed by atoms with van der Waals surface area (Å²) in [7, 11) is -1.49. The molecule has 0 amide bonds. The van der Waals surface area contributed by atoms with Crippen molar-refractivity contribution in [1.82, 2.24) is 14.9 Å². The highest BCUT2D eigenvalue weighted by molar-refractivity contribution is 7.99. The van der Waals surface area contributed by atoms with Crippen LogP contribution in [0.5, 0.6) is 0 Å². The molecule has 0 aliphatic carbocycles. The summed E-state index contributed by atoms with van der Waals surface area (Å²) in [6.07, 6.45) is 2.39. The molecule has 0 bridgehead atoms. The van der Waals surface area contributed by atoms with Crippen molar-refractivity contribution in [2.24, 2.45) is 4.99 Å². The monoisotopic (exact) mass is 350 g/mol.